The summed E-state index contributed by atoms with van der Waals surface area (Å²) in [5.74, 6) is 0. The van der Waals surface area contributed by atoms with Gasteiger partial charge in [0.15, 0.2) is 4.34 Å². The quantitative estimate of drug-likeness (QED) is 0.841. The monoisotopic (exact) mass is 326 g/mol. The molecule has 2 aromatic rings. The number of thiazole rings is 1. The van der Waals surface area contributed by atoms with Crippen molar-refractivity contribution in [1.29, 1.82) is 0 Å². The number of rotatable bonds is 4. The Bertz CT molecular complexity index is 588. The molecule has 1 aromatic carbocycles. The van der Waals surface area contributed by atoms with Crippen molar-refractivity contribution < 1.29 is 0 Å². The number of aromatic nitrogens is 1. The Morgan fingerprint density at radius 1 is 1.35 bits per heavy atom. The number of benzene rings is 1. The molecule has 1 heterocycles. The molecule has 0 aliphatic rings. The van der Waals surface area contributed by atoms with Crippen LogP contribution in [0.25, 0.3) is 0 Å². The number of nitrogens with one attached hydrogen (secondary N) is 1. The van der Waals surface area contributed by atoms with Crippen LogP contribution in [0.15, 0.2) is 32.8 Å². The topological polar surface area (TPSA) is 24.9 Å². The molecule has 2 rings (SSSR count). The van der Waals surface area contributed by atoms with Crippen LogP contribution in [0.5, 0.6) is 0 Å². The average molecular weight is 327 g/mol. The van der Waals surface area contributed by atoms with Gasteiger partial charge in [-0.3, -0.25) is 0 Å². The van der Waals surface area contributed by atoms with E-state index in [1.165, 1.54) is 5.56 Å². The van der Waals surface area contributed by atoms with Crippen molar-refractivity contribution in [2.24, 2.45) is 0 Å². The van der Waals surface area contributed by atoms with Gasteiger partial charge in [-0.25, -0.2) is 4.98 Å². The fourth-order valence-corrected chi connectivity index (χ4v) is 3.69. The fraction of sp³-hybridized carbons (Fsp3) is 0.400. The minimum atomic E-state index is 0.109. The highest BCUT2D eigenvalue weighted by Crippen LogP contribution is 2.35. The molecule has 0 unspecified atom stereocenters. The number of halogens is 1. The largest absolute Gasteiger partial charge is 0.308 e. The SMILES string of the molecule is Cc1csc(Sc2ccc(CNC(C)(C)C)cc2Cl)n1. The van der Waals surface area contributed by atoms with E-state index in [1.54, 1.807) is 23.1 Å². The minimum Gasteiger partial charge on any atom is -0.308 e. The van der Waals surface area contributed by atoms with Gasteiger partial charge in [-0.05, 0) is 45.4 Å². The molecule has 0 saturated heterocycles. The highest BCUT2D eigenvalue weighted by molar-refractivity contribution is 8.01. The lowest BCUT2D eigenvalue weighted by atomic mass is 10.1. The molecular weight excluding hydrogens is 308 g/mol. The van der Waals surface area contributed by atoms with Crippen LogP contribution in [0.1, 0.15) is 32.0 Å². The second-order valence-electron chi connectivity index (χ2n) is 5.73. The standard InChI is InChI=1S/C15H19ClN2S2/c1-10-9-19-14(18-10)20-13-6-5-11(7-12(13)16)8-17-15(2,3)4/h5-7,9,17H,8H2,1-4H3. The lowest BCUT2D eigenvalue weighted by molar-refractivity contribution is 0.424. The van der Waals surface area contributed by atoms with Gasteiger partial charge in [-0.1, -0.05) is 29.4 Å². The van der Waals surface area contributed by atoms with Crippen molar-refractivity contribution in [3.8, 4) is 0 Å². The fourth-order valence-electron chi connectivity index (χ4n) is 1.58. The molecule has 0 aliphatic heterocycles. The zero-order valence-electron chi connectivity index (χ0n) is 12.2. The molecule has 5 heteroatoms. The van der Waals surface area contributed by atoms with E-state index >= 15 is 0 Å². The molecular formula is C15H19ClN2S2. The highest BCUT2D eigenvalue weighted by Gasteiger charge is 2.10. The van der Waals surface area contributed by atoms with Gasteiger partial charge in [0.1, 0.15) is 0 Å². The van der Waals surface area contributed by atoms with Crippen LogP contribution >= 0.6 is 34.7 Å². The Balaban J connectivity index is 2.06. The molecule has 0 radical (unpaired) electrons. The normalized spacial score (nSPS) is 11.8. The molecule has 0 spiro atoms. The maximum atomic E-state index is 6.36. The van der Waals surface area contributed by atoms with Gasteiger partial charge in [0.05, 0.1) is 5.02 Å². The summed E-state index contributed by atoms with van der Waals surface area (Å²) in [5.41, 5.74) is 2.36. The van der Waals surface area contributed by atoms with Gasteiger partial charge in [0.25, 0.3) is 0 Å². The van der Waals surface area contributed by atoms with Gasteiger partial charge in [0.2, 0.25) is 0 Å². The first-order valence-corrected chi connectivity index (χ1v) is 8.54. The second-order valence-corrected chi connectivity index (χ2v) is 8.28. The number of hydrogen-bond acceptors (Lipinski definition) is 4. The van der Waals surface area contributed by atoms with Crippen LogP contribution < -0.4 is 5.32 Å². The summed E-state index contributed by atoms with van der Waals surface area (Å²) in [6.07, 6.45) is 0. The van der Waals surface area contributed by atoms with Crippen molar-refractivity contribution in [3.05, 3.63) is 39.9 Å². The van der Waals surface area contributed by atoms with Crippen molar-refractivity contribution in [1.82, 2.24) is 10.3 Å². The van der Waals surface area contributed by atoms with E-state index in [9.17, 15) is 0 Å². The maximum Gasteiger partial charge on any atom is 0.154 e. The van der Waals surface area contributed by atoms with Crippen molar-refractivity contribution in [2.45, 2.75) is 49.0 Å². The second kappa shape index (κ2) is 6.48. The lowest BCUT2D eigenvalue weighted by Crippen LogP contribution is -2.35. The van der Waals surface area contributed by atoms with Gasteiger partial charge in [-0.15, -0.1) is 11.3 Å². The summed E-state index contributed by atoms with van der Waals surface area (Å²) in [6.45, 7) is 9.30. The summed E-state index contributed by atoms with van der Waals surface area (Å²) < 4.78 is 1.03. The van der Waals surface area contributed by atoms with Gasteiger partial charge < -0.3 is 5.32 Å². The molecule has 0 saturated carbocycles. The minimum absolute atomic E-state index is 0.109. The van der Waals surface area contributed by atoms with Gasteiger partial charge in [-0.2, -0.15) is 0 Å². The average Bonchev–Trinajstić information content (AvgIpc) is 2.74. The smallest absolute Gasteiger partial charge is 0.154 e. The molecule has 108 valence electrons. The van der Waals surface area contributed by atoms with Gasteiger partial charge >= 0.3 is 0 Å². The third-order valence-corrected chi connectivity index (χ3v) is 5.17. The van der Waals surface area contributed by atoms with Crippen LogP contribution in [0.3, 0.4) is 0 Å². The first-order valence-electron chi connectivity index (χ1n) is 6.47. The van der Waals surface area contributed by atoms with E-state index in [1.807, 2.05) is 13.0 Å². The van der Waals surface area contributed by atoms with Crippen molar-refractivity contribution in [2.75, 3.05) is 0 Å². The summed E-state index contributed by atoms with van der Waals surface area (Å²) >= 11 is 9.64. The maximum absolute atomic E-state index is 6.36. The molecule has 0 amide bonds. The van der Waals surface area contributed by atoms with Crippen LogP contribution in [-0.2, 0) is 6.54 Å². The van der Waals surface area contributed by atoms with Crippen molar-refractivity contribution >= 4 is 34.7 Å². The van der Waals surface area contributed by atoms with Crippen molar-refractivity contribution in [3.63, 3.8) is 0 Å². The molecule has 0 atom stereocenters. The van der Waals surface area contributed by atoms with Crippen LogP contribution in [-0.4, -0.2) is 10.5 Å². The molecule has 20 heavy (non-hydrogen) atoms. The molecule has 0 fully saturated rings. The Morgan fingerprint density at radius 2 is 2.10 bits per heavy atom. The summed E-state index contributed by atoms with van der Waals surface area (Å²) in [6, 6.07) is 6.22. The summed E-state index contributed by atoms with van der Waals surface area (Å²) in [4.78, 5) is 5.50. The zero-order chi connectivity index (χ0) is 14.8. The third kappa shape index (κ3) is 4.77. The molecule has 1 N–H and O–H groups in total. The first-order chi connectivity index (χ1) is 9.33. The number of aryl methyl sites for hydroxylation is 1. The third-order valence-electron chi connectivity index (χ3n) is 2.61. The Labute approximate surface area is 134 Å². The van der Waals surface area contributed by atoms with E-state index in [4.69, 9.17) is 11.6 Å². The molecule has 1 aromatic heterocycles. The Hall–Kier alpha value is -0.550. The summed E-state index contributed by atoms with van der Waals surface area (Å²) in [7, 11) is 0. The molecule has 2 nitrogen and oxygen atoms in total. The Kier molecular flexibility index (Phi) is 5.13. The van der Waals surface area contributed by atoms with E-state index in [-0.39, 0.29) is 5.54 Å². The van der Waals surface area contributed by atoms with Gasteiger partial charge in [0, 0.05) is 28.1 Å². The predicted octanol–water partition coefficient (Wildman–Crippen LogP) is 5.14. The molecule has 0 aliphatic carbocycles. The van der Waals surface area contributed by atoms with Crippen LogP contribution in [0.2, 0.25) is 5.02 Å². The predicted molar refractivity (Wildman–Crippen MR) is 89.0 cm³/mol. The van der Waals surface area contributed by atoms with Crippen LogP contribution in [0, 0.1) is 6.92 Å². The Morgan fingerprint density at radius 3 is 2.65 bits per heavy atom. The van der Waals surface area contributed by atoms with Crippen LogP contribution in [0.4, 0.5) is 0 Å². The molecule has 0 bridgehead atoms. The van der Waals surface area contributed by atoms with E-state index in [0.29, 0.717) is 0 Å². The first kappa shape index (κ1) is 15.8. The van der Waals surface area contributed by atoms with E-state index in [2.05, 4.69) is 48.6 Å². The lowest BCUT2D eigenvalue weighted by Gasteiger charge is -2.20. The highest BCUT2D eigenvalue weighted by atomic mass is 35.5. The van der Waals surface area contributed by atoms with E-state index < -0.39 is 0 Å². The summed E-state index contributed by atoms with van der Waals surface area (Å²) in [5, 5.41) is 6.30. The number of nitrogens with zero attached hydrogens (tertiary/aromatic N) is 1. The zero-order valence-corrected chi connectivity index (χ0v) is 14.5. The van der Waals surface area contributed by atoms with E-state index in [0.717, 1.165) is 26.5 Å². The number of hydrogen-bond donors (Lipinski definition) is 1.